The van der Waals surface area contributed by atoms with Gasteiger partial charge < -0.3 is 9.64 Å². The number of aromatic nitrogens is 2. The first-order valence-electron chi connectivity index (χ1n) is 8.76. The van der Waals surface area contributed by atoms with Gasteiger partial charge in [-0.25, -0.2) is 0 Å². The van der Waals surface area contributed by atoms with Crippen molar-refractivity contribution in [2.24, 2.45) is 0 Å². The lowest BCUT2D eigenvalue weighted by Gasteiger charge is -2.33. The molecule has 1 atom stereocenters. The second-order valence-corrected chi connectivity index (χ2v) is 6.67. The molecule has 1 aliphatic rings. The SMILES string of the molecule is Cc1cccc(N2C(=O)c3cc(COc4ccccc4)nn3C[C@H]2C)c1. The fraction of sp³-hybridized carbons (Fsp3) is 0.238. The third-order valence-corrected chi connectivity index (χ3v) is 4.56. The number of rotatable bonds is 4. The van der Waals surface area contributed by atoms with Crippen molar-refractivity contribution in [1.82, 2.24) is 9.78 Å². The van der Waals surface area contributed by atoms with Gasteiger partial charge >= 0.3 is 0 Å². The number of hydrogen-bond donors (Lipinski definition) is 0. The summed E-state index contributed by atoms with van der Waals surface area (Å²) in [5.41, 5.74) is 3.43. The molecule has 0 radical (unpaired) electrons. The maximum absolute atomic E-state index is 13.1. The zero-order valence-corrected chi connectivity index (χ0v) is 14.9. The Balaban J connectivity index is 1.57. The molecule has 1 aromatic heterocycles. The second kappa shape index (κ2) is 6.67. The summed E-state index contributed by atoms with van der Waals surface area (Å²) in [4.78, 5) is 14.9. The molecule has 5 nitrogen and oxygen atoms in total. The number of para-hydroxylation sites is 1. The highest BCUT2D eigenvalue weighted by Gasteiger charge is 2.32. The molecule has 0 saturated carbocycles. The average Bonchev–Trinajstić information content (AvgIpc) is 3.04. The highest BCUT2D eigenvalue weighted by Crippen LogP contribution is 2.26. The third-order valence-electron chi connectivity index (χ3n) is 4.56. The van der Waals surface area contributed by atoms with E-state index in [4.69, 9.17) is 4.74 Å². The number of carbonyl (C=O) groups is 1. The summed E-state index contributed by atoms with van der Waals surface area (Å²) in [5.74, 6) is 0.771. The van der Waals surface area contributed by atoms with Gasteiger partial charge in [-0.05, 0) is 49.7 Å². The smallest absolute Gasteiger partial charge is 0.276 e. The van der Waals surface area contributed by atoms with Crippen molar-refractivity contribution < 1.29 is 9.53 Å². The minimum Gasteiger partial charge on any atom is -0.487 e. The highest BCUT2D eigenvalue weighted by molar-refractivity contribution is 6.06. The molecular formula is C21H21N3O2. The summed E-state index contributed by atoms with van der Waals surface area (Å²) in [6.45, 7) is 5.09. The molecule has 0 bridgehead atoms. The highest BCUT2D eigenvalue weighted by atomic mass is 16.5. The Morgan fingerprint density at radius 1 is 1.12 bits per heavy atom. The van der Waals surface area contributed by atoms with E-state index in [0.717, 1.165) is 22.7 Å². The van der Waals surface area contributed by atoms with Crippen molar-refractivity contribution in [3.8, 4) is 5.75 Å². The maximum Gasteiger partial charge on any atom is 0.276 e. The van der Waals surface area contributed by atoms with E-state index in [9.17, 15) is 4.79 Å². The van der Waals surface area contributed by atoms with Crippen LogP contribution in [0.3, 0.4) is 0 Å². The number of benzene rings is 2. The van der Waals surface area contributed by atoms with Gasteiger partial charge in [0.2, 0.25) is 0 Å². The minimum absolute atomic E-state index is 0.0205. The van der Waals surface area contributed by atoms with Gasteiger partial charge in [0.25, 0.3) is 5.91 Å². The van der Waals surface area contributed by atoms with Crippen LogP contribution in [0.5, 0.6) is 5.75 Å². The van der Waals surface area contributed by atoms with Crippen LogP contribution in [0.4, 0.5) is 5.69 Å². The fourth-order valence-electron chi connectivity index (χ4n) is 3.33. The Morgan fingerprint density at radius 3 is 2.69 bits per heavy atom. The topological polar surface area (TPSA) is 47.4 Å². The van der Waals surface area contributed by atoms with Crippen LogP contribution in [0.25, 0.3) is 0 Å². The summed E-state index contributed by atoms with van der Waals surface area (Å²) in [7, 11) is 0. The number of anilines is 1. The first-order valence-corrected chi connectivity index (χ1v) is 8.76. The first-order chi connectivity index (χ1) is 12.6. The first kappa shape index (κ1) is 16.4. The number of carbonyl (C=O) groups excluding carboxylic acids is 1. The predicted octanol–water partition coefficient (Wildman–Crippen LogP) is 3.82. The standard InChI is InChI=1S/C21H21N3O2/c1-15-7-6-8-18(11-15)24-16(2)13-23-20(21(24)25)12-17(22-23)14-26-19-9-4-3-5-10-19/h3-12,16H,13-14H2,1-2H3/t16-/m1/s1. The summed E-state index contributed by atoms with van der Waals surface area (Å²) in [6.07, 6.45) is 0. The van der Waals surface area contributed by atoms with Crippen molar-refractivity contribution in [2.75, 3.05) is 4.90 Å². The Bertz CT molecular complexity index is 933. The predicted molar refractivity (Wildman–Crippen MR) is 100 cm³/mol. The monoisotopic (exact) mass is 347 g/mol. The van der Waals surface area contributed by atoms with Crippen molar-refractivity contribution in [2.45, 2.75) is 33.0 Å². The van der Waals surface area contributed by atoms with E-state index in [1.54, 1.807) is 4.68 Å². The normalized spacial score (nSPS) is 16.5. The molecule has 5 heteroatoms. The molecule has 3 aromatic rings. The third kappa shape index (κ3) is 3.08. The summed E-state index contributed by atoms with van der Waals surface area (Å²) < 4.78 is 7.55. The molecule has 2 heterocycles. The van der Waals surface area contributed by atoms with Crippen LogP contribution in [0, 0.1) is 6.92 Å². The molecule has 0 unspecified atom stereocenters. The number of nitrogens with zero attached hydrogens (tertiary/aromatic N) is 3. The molecule has 0 aliphatic carbocycles. The Labute approximate surface area is 152 Å². The lowest BCUT2D eigenvalue weighted by molar-refractivity contribution is 0.0947. The molecule has 2 aromatic carbocycles. The van der Waals surface area contributed by atoms with E-state index >= 15 is 0 Å². The van der Waals surface area contributed by atoms with Crippen LogP contribution >= 0.6 is 0 Å². The zero-order chi connectivity index (χ0) is 18.1. The van der Waals surface area contributed by atoms with Gasteiger partial charge in [-0.2, -0.15) is 5.10 Å². The Morgan fingerprint density at radius 2 is 1.92 bits per heavy atom. The molecule has 0 saturated heterocycles. The van der Waals surface area contributed by atoms with Crippen molar-refractivity contribution in [3.05, 3.63) is 77.6 Å². The van der Waals surface area contributed by atoms with Crippen molar-refractivity contribution in [1.29, 1.82) is 0 Å². The minimum atomic E-state index is -0.0205. The van der Waals surface area contributed by atoms with Crippen LogP contribution in [-0.2, 0) is 13.2 Å². The molecule has 0 fully saturated rings. The molecule has 26 heavy (non-hydrogen) atoms. The largest absolute Gasteiger partial charge is 0.487 e. The molecule has 1 amide bonds. The van der Waals surface area contributed by atoms with E-state index in [1.165, 1.54) is 0 Å². The fourth-order valence-corrected chi connectivity index (χ4v) is 3.33. The second-order valence-electron chi connectivity index (χ2n) is 6.67. The molecule has 132 valence electrons. The summed E-state index contributed by atoms with van der Waals surface area (Å²) in [6, 6.07) is 19.5. The van der Waals surface area contributed by atoms with Gasteiger partial charge in [0.05, 0.1) is 12.6 Å². The van der Waals surface area contributed by atoms with Gasteiger partial charge in [0, 0.05) is 5.69 Å². The van der Waals surface area contributed by atoms with E-state index < -0.39 is 0 Å². The lowest BCUT2D eigenvalue weighted by atomic mass is 10.1. The van der Waals surface area contributed by atoms with Crippen LogP contribution in [0.15, 0.2) is 60.7 Å². The van der Waals surface area contributed by atoms with Crippen LogP contribution in [0.1, 0.15) is 28.7 Å². The van der Waals surface area contributed by atoms with Gasteiger partial charge in [0.1, 0.15) is 23.7 Å². The van der Waals surface area contributed by atoms with Gasteiger partial charge in [-0.1, -0.05) is 30.3 Å². The molecule has 0 N–H and O–H groups in total. The average molecular weight is 347 g/mol. The maximum atomic E-state index is 13.1. The quantitative estimate of drug-likeness (QED) is 0.721. The molecule has 0 spiro atoms. The molecule has 1 aliphatic heterocycles. The summed E-state index contributed by atoms with van der Waals surface area (Å²) in [5, 5.41) is 4.56. The number of hydrogen-bond acceptors (Lipinski definition) is 3. The number of ether oxygens (including phenoxy) is 1. The van der Waals surface area contributed by atoms with Crippen molar-refractivity contribution >= 4 is 11.6 Å². The van der Waals surface area contributed by atoms with Crippen molar-refractivity contribution in [3.63, 3.8) is 0 Å². The van der Waals surface area contributed by atoms with Gasteiger partial charge in [-0.15, -0.1) is 0 Å². The van der Waals surface area contributed by atoms with Crippen LogP contribution in [-0.4, -0.2) is 21.7 Å². The molecular weight excluding hydrogens is 326 g/mol. The molecule has 4 rings (SSSR count). The van der Waals surface area contributed by atoms with E-state index in [2.05, 4.69) is 5.10 Å². The number of amides is 1. The van der Waals surface area contributed by atoms with Gasteiger partial charge in [-0.3, -0.25) is 9.48 Å². The number of aryl methyl sites for hydroxylation is 1. The van der Waals surface area contributed by atoms with Gasteiger partial charge in [0.15, 0.2) is 0 Å². The Kier molecular flexibility index (Phi) is 4.21. The lowest BCUT2D eigenvalue weighted by Crippen LogP contribution is -2.46. The van der Waals surface area contributed by atoms with E-state index in [0.29, 0.717) is 18.8 Å². The Hall–Kier alpha value is -3.08. The van der Waals surface area contributed by atoms with E-state index in [1.807, 2.05) is 79.4 Å². The number of fused-ring (bicyclic) bond motifs is 1. The van der Waals surface area contributed by atoms with E-state index in [-0.39, 0.29) is 11.9 Å². The van der Waals surface area contributed by atoms with Crippen LogP contribution in [0.2, 0.25) is 0 Å². The van der Waals surface area contributed by atoms with Crippen LogP contribution < -0.4 is 9.64 Å². The summed E-state index contributed by atoms with van der Waals surface area (Å²) >= 11 is 0. The zero-order valence-electron chi connectivity index (χ0n) is 14.9.